The SMILES string of the molecule is O=C1CC2CCCC(C1)N2C(=O)O. The normalized spacial score (nSPS) is 33.2. The van der Waals surface area contributed by atoms with Crippen molar-refractivity contribution in [2.75, 3.05) is 0 Å². The molecule has 2 aliphatic heterocycles. The first kappa shape index (κ1) is 8.53. The van der Waals surface area contributed by atoms with Gasteiger partial charge in [-0.3, -0.25) is 4.79 Å². The fourth-order valence-electron chi connectivity index (χ4n) is 2.49. The van der Waals surface area contributed by atoms with Crippen LogP contribution in [-0.2, 0) is 4.79 Å². The molecule has 72 valence electrons. The van der Waals surface area contributed by atoms with E-state index in [1.165, 1.54) is 4.90 Å². The van der Waals surface area contributed by atoms with E-state index in [0.717, 1.165) is 19.3 Å². The molecule has 0 aromatic carbocycles. The number of hydrogen-bond donors (Lipinski definition) is 1. The lowest BCUT2D eigenvalue weighted by Crippen LogP contribution is -2.54. The van der Waals surface area contributed by atoms with E-state index in [0.29, 0.717) is 12.8 Å². The molecule has 13 heavy (non-hydrogen) atoms. The highest BCUT2D eigenvalue weighted by molar-refractivity contribution is 5.82. The van der Waals surface area contributed by atoms with Gasteiger partial charge in [0.25, 0.3) is 0 Å². The molecule has 2 bridgehead atoms. The maximum Gasteiger partial charge on any atom is 0.407 e. The Balaban J connectivity index is 2.19. The number of nitrogens with zero attached hydrogens (tertiary/aromatic N) is 1. The van der Waals surface area contributed by atoms with Crippen LogP contribution >= 0.6 is 0 Å². The molecule has 4 nitrogen and oxygen atoms in total. The topological polar surface area (TPSA) is 57.6 Å². The maximum absolute atomic E-state index is 11.2. The van der Waals surface area contributed by atoms with Crippen molar-refractivity contribution in [1.82, 2.24) is 4.90 Å². The van der Waals surface area contributed by atoms with Gasteiger partial charge >= 0.3 is 6.09 Å². The lowest BCUT2D eigenvalue weighted by Gasteiger charge is -2.43. The van der Waals surface area contributed by atoms with Crippen molar-refractivity contribution in [2.45, 2.75) is 44.2 Å². The third kappa shape index (κ3) is 1.41. The van der Waals surface area contributed by atoms with Crippen molar-refractivity contribution >= 4 is 11.9 Å². The third-order valence-corrected chi connectivity index (χ3v) is 3.01. The van der Waals surface area contributed by atoms with E-state index in [-0.39, 0.29) is 17.9 Å². The summed E-state index contributed by atoms with van der Waals surface area (Å²) in [5.74, 6) is 0.229. The van der Waals surface area contributed by atoms with Crippen molar-refractivity contribution in [3.63, 3.8) is 0 Å². The summed E-state index contributed by atoms with van der Waals surface area (Å²) in [5, 5.41) is 8.94. The molecule has 2 saturated heterocycles. The zero-order valence-electron chi connectivity index (χ0n) is 7.40. The molecule has 2 heterocycles. The van der Waals surface area contributed by atoms with Gasteiger partial charge in [0.15, 0.2) is 0 Å². The third-order valence-electron chi connectivity index (χ3n) is 3.01. The van der Waals surface area contributed by atoms with Crippen LogP contribution in [-0.4, -0.2) is 34.0 Å². The molecule has 0 aromatic rings. The second-order valence-electron chi connectivity index (χ2n) is 3.88. The predicted molar refractivity (Wildman–Crippen MR) is 45.5 cm³/mol. The van der Waals surface area contributed by atoms with Crippen LogP contribution in [0.2, 0.25) is 0 Å². The van der Waals surface area contributed by atoms with Crippen LogP contribution in [0.15, 0.2) is 0 Å². The van der Waals surface area contributed by atoms with Crippen LogP contribution in [0.5, 0.6) is 0 Å². The minimum atomic E-state index is -0.859. The Hall–Kier alpha value is -1.06. The quantitative estimate of drug-likeness (QED) is 0.614. The first-order valence-electron chi connectivity index (χ1n) is 4.71. The van der Waals surface area contributed by atoms with E-state index < -0.39 is 6.09 Å². The van der Waals surface area contributed by atoms with E-state index >= 15 is 0 Å². The first-order valence-corrected chi connectivity index (χ1v) is 4.71. The van der Waals surface area contributed by atoms with Gasteiger partial charge in [-0.05, 0) is 19.3 Å². The zero-order valence-corrected chi connectivity index (χ0v) is 7.40. The molecule has 2 unspecified atom stereocenters. The Kier molecular flexibility index (Phi) is 1.98. The number of rotatable bonds is 0. The molecular weight excluding hydrogens is 170 g/mol. The Morgan fingerprint density at radius 2 is 1.85 bits per heavy atom. The average molecular weight is 183 g/mol. The number of amides is 1. The van der Waals surface area contributed by atoms with Gasteiger partial charge in [0.2, 0.25) is 0 Å². The fourth-order valence-corrected chi connectivity index (χ4v) is 2.49. The molecule has 2 rings (SSSR count). The standard InChI is InChI=1S/C9H13NO3/c11-8-4-6-2-1-3-7(5-8)10(6)9(12)13/h6-7H,1-5H2,(H,12,13). The smallest absolute Gasteiger partial charge is 0.407 e. The Labute approximate surface area is 76.5 Å². The van der Waals surface area contributed by atoms with Gasteiger partial charge in [-0.25, -0.2) is 4.79 Å². The zero-order chi connectivity index (χ0) is 9.42. The molecule has 0 radical (unpaired) electrons. The minimum absolute atomic E-state index is 0.0301. The molecule has 4 heteroatoms. The number of Topliss-reactive ketones (excluding diaryl/α,β-unsaturated/α-hetero) is 1. The van der Waals surface area contributed by atoms with Crippen molar-refractivity contribution in [3.8, 4) is 0 Å². The summed E-state index contributed by atoms with van der Waals surface area (Å²) in [5.41, 5.74) is 0. The highest BCUT2D eigenvalue weighted by Crippen LogP contribution is 2.31. The highest BCUT2D eigenvalue weighted by atomic mass is 16.4. The van der Waals surface area contributed by atoms with Gasteiger partial charge in [0, 0.05) is 24.9 Å². The van der Waals surface area contributed by atoms with Crippen LogP contribution in [0, 0.1) is 0 Å². The lowest BCUT2D eigenvalue weighted by atomic mass is 9.84. The van der Waals surface area contributed by atoms with E-state index in [4.69, 9.17) is 5.11 Å². The molecule has 2 aliphatic rings. The summed E-state index contributed by atoms with van der Waals surface area (Å²) in [6.45, 7) is 0. The number of fused-ring (bicyclic) bond motifs is 2. The summed E-state index contributed by atoms with van der Waals surface area (Å²) in [6.07, 6.45) is 2.78. The van der Waals surface area contributed by atoms with Gasteiger partial charge < -0.3 is 10.0 Å². The Bertz CT molecular complexity index is 235. The van der Waals surface area contributed by atoms with Crippen molar-refractivity contribution < 1.29 is 14.7 Å². The van der Waals surface area contributed by atoms with Crippen molar-refractivity contribution in [1.29, 1.82) is 0 Å². The largest absolute Gasteiger partial charge is 0.465 e. The summed E-state index contributed by atoms with van der Waals surface area (Å²) >= 11 is 0. The summed E-state index contributed by atoms with van der Waals surface area (Å²) in [6, 6.07) is -0.0602. The van der Waals surface area contributed by atoms with E-state index in [1.807, 2.05) is 0 Å². The van der Waals surface area contributed by atoms with Crippen molar-refractivity contribution in [3.05, 3.63) is 0 Å². The number of carbonyl (C=O) groups excluding carboxylic acids is 1. The molecule has 0 aliphatic carbocycles. The van der Waals surface area contributed by atoms with E-state index in [1.54, 1.807) is 0 Å². The van der Waals surface area contributed by atoms with E-state index in [2.05, 4.69) is 0 Å². The van der Waals surface area contributed by atoms with Crippen LogP contribution in [0.25, 0.3) is 0 Å². The van der Waals surface area contributed by atoms with Crippen LogP contribution in [0.4, 0.5) is 4.79 Å². The molecule has 2 fully saturated rings. The number of piperidine rings is 2. The monoisotopic (exact) mass is 183 g/mol. The van der Waals surface area contributed by atoms with Crippen LogP contribution in [0.3, 0.4) is 0 Å². The van der Waals surface area contributed by atoms with Gasteiger partial charge in [-0.15, -0.1) is 0 Å². The van der Waals surface area contributed by atoms with E-state index in [9.17, 15) is 9.59 Å². The summed E-state index contributed by atoms with van der Waals surface area (Å²) < 4.78 is 0. The second kappa shape index (κ2) is 3.01. The van der Waals surface area contributed by atoms with Crippen LogP contribution in [0.1, 0.15) is 32.1 Å². The van der Waals surface area contributed by atoms with Crippen LogP contribution < -0.4 is 0 Å². The second-order valence-corrected chi connectivity index (χ2v) is 3.88. The van der Waals surface area contributed by atoms with Gasteiger partial charge in [-0.1, -0.05) is 0 Å². The Morgan fingerprint density at radius 1 is 1.31 bits per heavy atom. The molecular formula is C9H13NO3. The fraction of sp³-hybridized carbons (Fsp3) is 0.778. The van der Waals surface area contributed by atoms with Crippen molar-refractivity contribution in [2.24, 2.45) is 0 Å². The molecule has 0 spiro atoms. The summed E-state index contributed by atoms with van der Waals surface area (Å²) in [7, 11) is 0. The van der Waals surface area contributed by atoms with Gasteiger partial charge in [-0.2, -0.15) is 0 Å². The lowest BCUT2D eigenvalue weighted by molar-refractivity contribution is -0.125. The average Bonchev–Trinajstić information content (AvgIpc) is 2.01. The number of carboxylic acid groups (broad SMARTS) is 1. The molecule has 0 aromatic heterocycles. The number of ketones is 1. The number of hydrogen-bond acceptors (Lipinski definition) is 2. The molecule has 1 N–H and O–H groups in total. The minimum Gasteiger partial charge on any atom is -0.465 e. The van der Waals surface area contributed by atoms with Gasteiger partial charge in [0.05, 0.1) is 0 Å². The Morgan fingerprint density at radius 3 is 2.31 bits per heavy atom. The van der Waals surface area contributed by atoms with Gasteiger partial charge in [0.1, 0.15) is 5.78 Å². The molecule has 0 saturated carbocycles. The molecule has 2 atom stereocenters. The highest BCUT2D eigenvalue weighted by Gasteiger charge is 2.40. The summed E-state index contributed by atoms with van der Waals surface area (Å²) in [4.78, 5) is 23.6. The number of carbonyl (C=O) groups is 2. The predicted octanol–water partition coefficient (Wildman–Crippen LogP) is 1.25. The first-order chi connectivity index (χ1) is 6.18. The molecule has 1 amide bonds. The maximum atomic E-state index is 11.2.